The number of rotatable bonds is 2. The van der Waals surface area contributed by atoms with Crippen LogP contribution in [0.2, 0.25) is 0 Å². The minimum Gasteiger partial charge on any atom is -0.486 e. The van der Waals surface area contributed by atoms with Crippen LogP contribution in [-0.4, -0.2) is 41.7 Å². The number of nitrogen functional groups attached to an aromatic ring is 1. The molecule has 1 aromatic rings. The number of hydrogen-bond donors (Lipinski definition) is 3. The monoisotopic (exact) mass is 278 g/mol. The average Bonchev–Trinajstić information content (AvgIpc) is 2.74. The lowest BCUT2D eigenvalue weighted by Gasteiger charge is -2.21. The molecule has 2 aliphatic heterocycles. The Balaban J connectivity index is 1.96. The standard InChI is InChI=1S/C13H22N6O/c1-2-9-4-6-20-10-11(16-9)17-13(15)18-12(10)19-5-3-8(14)7-19/h8-9H,2-7,14H2,1H3,(H3,15,16,17,18)/t8-,9?/m1/s1. The van der Waals surface area contributed by atoms with Crippen molar-refractivity contribution in [3.63, 3.8) is 0 Å². The van der Waals surface area contributed by atoms with Crippen LogP contribution in [0, 0.1) is 0 Å². The molecule has 0 radical (unpaired) electrons. The van der Waals surface area contributed by atoms with Gasteiger partial charge in [0.1, 0.15) is 0 Å². The van der Waals surface area contributed by atoms with Gasteiger partial charge in [-0.15, -0.1) is 0 Å². The van der Waals surface area contributed by atoms with Crippen LogP contribution in [0.5, 0.6) is 5.75 Å². The van der Waals surface area contributed by atoms with Crippen LogP contribution < -0.4 is 26.4 Å². The second-order valence-electron chi connectivity index (χ2n) is 5.46. The van der Waals surface area contributed by atoms with Gasteiger partial charge in [-0.05, 0) is 12.8 Å². The van der Waals surface area contributed by atoms with Crippen molar-refractivity contribution in [1.29, 1.82) is 0 Å². The molecule has 7 nitrogen and oxygen atoms in total. The Bertz CT molecular complexity index is 494. The second-order valence-corrected chi connectivity index (χ2v) is 5.46. The third-order valence-electron chi connectivity index (χ3n) is 3.94. The summed E-state index contributed by atoms with van der Waals surface area (Å²) in [7, 11) is 0. The van der Waals surface area contributed by atoms with Crippen LogP contribution in [0.1, 0.15) is 26.2 Å². The maximum Gasteiger partial charge on any atom is 0.224 e. The third-order valence-corrected chi connectivity index (χ3v) is 3.94. The van der Waals surface area contributed by atoms with E-state index in [0.717, 1.165) is 38.2 Å². The number of ether oxygens (including phenoxy) is 1. The Morgan fingerprint density at radius 1 is 1.40 bits per heavy atom. The van der Waals surface area contributed by atoms with Gasteiger partial charge in [-0.25, -0.2) is 0 Å². The summed E-state index contributed by atoms with van der Waals surface area (Å²) in [5.41, 5.74) is 11.8. The van der Waals surface area contributed by atoms with Crippen molar-refractivity contribution in [2.24, 2.45) is 5.73 Å². The molecule has 0 spiro atoms. The van der Waals surface area contributed by atoms with Gasteiger partial charge in [0.05, 0.1) is 6.61 Å². The lowest BCUT2D eigenvalue weighted by atomic mass is 10.2. The van der Waals surface area contributed by atoms with E-state index in [1.54, 1.807) is 0 Å². The molecule has 0 bridgehead atoms. The van der Waals surface area contributed by atoms with Gasteiger partial charge in [0.25, 0.3) is 0 Å². The van der Waals surface area contributed by atoms with E-state index >= 15 is 0 Å². The zero-order valence-electron chi connectivity index (χ0n) is 11.8. The molecule has 5 N–H and O–H groups in total. The smallest absolute Gasteiger partial charge is 0.224 e. The number of nitrogens with one attached hydrogen (secondary N) is 1. The SMILES string of the molecule is CCC1CCOc2c(nc(N)nc2N2CC[C@@H](N)C2)N1. The van der Waals surface area contributed by atoms with Crippen molar-refractivity contribution < 1.29 is 4.74 Å². The van der Waals surface area contributed by atoms with Gasteiger partial charge in [0, 0.05) is 31.6 Å². The molecule has 3 heterocycles. The predicted molar refractivity (Wildman–Crippen MR) is 79.1 cm³/mol. The zero-order chi connectivity index (χ0) is 14.1. The Labute approximate surface area is 118 Å². The molecule has 0 saturated carbocycles. The molecule has 2 atom stereocenters. The number of nitrogens with zero attached hydrogens (tertiary/aromatic N) is 3. The molecule has 0 amide bonds. The van der Waals surface area contributed by atoms with Gasteiger partial charge in [-0.1, -0.05) is 6.92 Å². The first-order chi connectivity index (χ1) is 9.67. The fourth-order valence-electron chi connectivity index (χ4n) is 2.76. The van der Waals surface area contributed by atoms with Crippen LogP contribution in [0.4, 0.5) is 17.6 Å². The maximum absolute atomic E-state index is 5.98. The molecular formula is C13H22N6O. The Hall–Kier alpha value is -1.76. The van der Waals surface area contributed by atoms with E-state index in [0.29, 0.717) is 24.2 Å². The summed E-state index contributed by atoms with van der Waals surface area (Å²) in [6.07, 6.45) is 2.94. The highest BCUT2D eigenvalue weighted by Crippen LogP contribution is 2.37. The molecule has 2 aliphatic rings. The van der Waals surface area contributed by atoms with Crippen molar-refractivity contribution in [3.05, 3.63) is 0 Å². The summed E-state index contributed by atoms with van der Waals surface area (Å²) < 4.78 is 5.89. The molecule has 3 rings (SSSR count). The number of anilines is 3. The molecule has 7 heteroatoms. The van der Waals surface area contributed by atoms with Gasteiger partial charge in [0.2, 0.25) is 11.7 Å². The van der Waals surface area contributed by atoms with Crippen molar-refractivity contribution in [2.75, 3.05) is 35.6 Å². The van der Waals surface area contributed by atoms with Crippen molar-refractivity contribution in [1.82, 2.24) is 9.97 Å². The highest BCUT2D eigenvalue weighted by Gasteiger charge is 2.28. The Morgan fingerprint density at radius 3 is 2.95 bits per heavy atom. The topological polar surface area (TPSA) is 102 Å². The fourth-order valence-corrected chi connectivity index (χ4v) is 2.76. The molecule has 20 heavy (non-hydrogen) atoms. The molecule has 1 saturated heterocycles. The molecular weight excluding hydrogens is 256 g/mol. The zero-order valence-corrected chi connectivity index (χ0v) is 11.8. The van der Waals surface area contributed by atoms with E-state index < -0.39 is 0 Å². The summed E-state index contributed by atoms with van der Waals surface area (Å²) in [6, 6.07) is 0.545. The molecule has 1 unspecified atom stereocenters. The minimum atomic E-state index is 0.184. The maximum atomic E-state index is 5.98. The predicted octanol–water partition coefficient (Wildman–Crippen LogP) is 0.569. The van der Waals surface area contributed by atoms with Crippen molar-refractivity contribution >= 4 is 17.6 Å². The first-order valence-electron chi connectivity index (χ1n) is 7.24. The number of fused-ring (bicyclic) bond motifs is 1. The highest BCUT2D eigenvalue weighted by molar-refractivity contribution is 5.68. The van der Waals surface area contributed by atoms with Crippen LogP contribution in [0.25, 0.3) is 0 Å². The van der Waals surface area contributed by atoms with Crippen LogP contribution in [0.15, 0.2) is 0 Å². The lowest BCUT2D eigenvalue weighted by Crippen LogP contribution is -2.27. The third kappa shape index (κ3) is 2.45. The molecule has 1 aromatic heterocycles. The largest absolute Gasteiger partial charge is 0.486 e. The summed E-state index contributed by atoms with van der Waals surface area (Å²) in [5.74, 6) is 2.46. The van der Waals surface area contributed by atoms with Crippen molar-refractivity contribution in [3.8, 4) is 5.75 Å². The molecule has 110 valence electrons. The summed E-state index contributed by atoms with van der Waals surface area (Å²) >= 11 is 0. The van der Waals surface area contributed by atoms with E-state index in [-0.39, 0.29) is 12.0 Å². The average molecular weight is 278 g/mol. The molecule has 0 aromatic carbocycles. The quantitative estimate of drug-likeness (QED) is 0.726. The van der Waals surface area contributed by atoms with E-state index in [1.165, 1.54) is 0 Å². The fraction of sp³-hybridized carbons (Fsp3) is 0.692. The van der Waals surface area contributed by atoms with Crippen LogP contribution >= 0.6 is 0 Å². The second kappa shape index (κ2) is 5.32. The van der Waals surface area contributed by atoms with Gasteiger partial charge in [-0.3, -0.25) is 0 Å². The Morgan fingerprint density at radius 2 is 2.25 bits per heavy atom. The minimum absolute atomic E-state index is 0.184. The number of nitrogens with two attached hydrogens (primary N) is 2. The van der Waals surface area contributed by atoms with E-state index in [2.05, 4.69) is 27.1 Å². The molecule has 1 fully saturated rings. The first-order valence-corrected chi connectivity index (χ1v) is 7.24. The Kier molecular flexibility index (Phi) is 3.52. The number of aromatic nitrogens is 2. The van der Waals surface area contributed by atoms with Crippen molar-refractivity contribution in [2.45, 2.75) is 38.3 Å². The first kappa shape index (κ1) is 13.2. The normalized spacial score (nSPS) is 25.6. The van der Waals surface area contributed by atoms with Crippen LogP contribution in [-0.2, 0) is 0 Å². The van der Waals surface area contributed by atoms with E-state index in [9.17, 15) is 0 Å². The summed E-state index contributed by atoms with van der Waals surface area (Å²) in [4.78, 5) is 10.8. The van der Waals surface area contributed by atoms with Gasteiger partial charge in [0.15, 0.2) is 11.6 Å². The summed E-state index contributed by atoms with van der Waals surface area (Å²) in [6.45, 7) is 4.47. The lowest BCUT2D eigenvalue weighted by molar-refractivity contribution is 0.310. The van der Waals surface area contributed by atoms with Gasteiger partial charge >= 0.3 is 0 Å². The highest BCUT2D eigenvalue weighted by atomic mass is 16.5. The number of hydrogen-bond acceptors (Lipinski definition) is 7. The van der Waals surface area contributed by atoms with Gasteiger partial charge in [-0.2, -0.15) is 9.97 Å². The summed E-state index contributed by atoms with van der Waals surface area (Å²) in [5, 5.41) is 3.41. The van der Waals surface area contributed by atoms with Crippen LogP contribution in [0.3, 0.4) is 0 Å². The van der Waals surface area contributed by atoms with Gasteiger partial charge < -0.3 is 26.4 Å². The van der Waals surface area contributed by atoms with E-state index in [1.807, 2.05) is 0 Å². The molecule has 0 aliphatic carbocycles. The van der Waals surface area contributed by atoms with E-state index in [4.69, 9.17) is 16.2 Å².